The molecular formula is C50H64O2. The molecule has 0 aromatic heterocycles. The summed E-state index contributed by atoms with van der Waals surface area (Å²) >= 11 is 0. The minimum atomic E-state index is -0.826. The second-order valence-corrected chi connectivity index (χ2v) is 19.9. The first kappa shape index (κ1) is 36.9. The van der Waals surface area contributed by atoms with Gasteiger partial charge in [0.15, 0.2) is 0 Å². The third-order valence-corrected chi connectivity index (χ3v) is 14.3. The number of carbonyl (C=O) groups is 1. The highest BCUT2D eigenvalue weighted by Gasteiger charge is 2.39. The Kier molecular flexibility index (Phi) is 9.57. The summed E-state index contributed by atoms with van der Waals surface area (Å²) in [6, 6.07) is 18.5. The van der Waals surface area contributed by atoms with Crippen LogP contribution in [0.25, 0.3) is 0 Å². The van der Waals surface area contributed by atoms with Crippen LogP contribution < -0.4 is 0 Å². The van der Waals surface area contributed by atoms with Gasteiger partial charge < -0.3 is 5.11 Å². The lowest BCUT2D eigenvalue weighted by molar-refractivity contribution is 0.0696. The summed E-state index contributed by atoms with van der Waals surface area (Å²) in [6.45, 7) is 21.6. The number of fused-ring (bicyclic) bond motifs is 2. The van der Waals surface area contributed by atoms with Gasteiger partial charge in [-0.3, -0.25) is 0 Å². The van der Waals surface area contributed by atoms with Crippen molar-refractivity contribution in [2.75, 3.05) is 0 Å². The number of rotatable bonds is 7. The van der Waals surface area contributed by atoms with Gasteiger partial charge in [0.2, 0.25) is 0 Å². The molecule has 2 unspecified atom stereocenters. The van der Waals surface area contributed by atoms with Crippen LogP contribution in [0.3, 0.4) is 0 Å². The summed E-state index contributed by atoms with van der Waals surface area (Å²) in [5.74, 6) is 0.310. The van der Waals surface area contributed by atoms with Crippen molar-refractivity contribution in [3.8, 4) is 0 Å². The van der Waals surface area contributed by atoms with Crippen molar-refractivity contribution in [3.63, 3.8) is 0 Å². The number of allylic oxidation sites excluding steroid dienone is 4. The lowest BCUT2D eigenvalue weighted by atomic mass is 9.62. The van der Waals surface area contributed by atoms with Crippen molar-refractivity contribution in [2.45, 2.75) is 173 Å². The van der Waals surface area contributed by atoms with Crippen molar-refractivity contribution < 1.29 is 9.90 Å². The molecule has 0 aliphatic heterocycles. The van der Waals surface area contributed by atoms with Gasteiger partial charge in [-0.1, -0.05) is 121 Å². The molecule has 2 nitrogen and oxygen atoms in total. The summed E-state index contributed by atoms with van der Waals surface area (Å²) in [5.41, 5.74) is 17.3. The largest absolute Gasteiger partial charge is 0.478 e. The first-order valence-corrected chi connectivity index (χ1v) is 20.4. The van der Waals surface area contributed by atoms with Crippen LogP contribution in [-0.4, -0.2) is 11.1 Å². The lowest BCUT2D eigenvalue weighted by Crippen LogP contribution is -2.34. The molecule has 0 saturated heterocycles. The molecule has 1 N–H and O–H groups in total. The third-order valence-electron chi connectivity index (χ3n) is 14.3. The normalized spacial score (nSPS) is 25.6. The summed E-state index contributed by atoms with van der Waals surface area (Å²) in [7, 11) is 0. The van der Waals surface area contributed by atoms with Crippen LogP contribution in [0.15, 0.2) is 71.8 Å². The molecule has 7 rings (SSSR count). The van der Waals surface area contributed by atoms with Gasteiger partial charge in [0.1, 0.15) is 0 Å². The Bertz CT molecular complexity index is 1940. The lowest BCUT2D eigenvalue weighted by Gasteiger charge is -2.42. The molecule has 0 spiro atoms. The number of carboxylic acids is 1. The molecule has 4 aliphatic carbocycles. The maximum atomic E-state index is 12.3. The van der Waals surface area contributed by atoms with E-state index in [-0.39, 0.29) is 21.7 Å². The maximum absolute atomic E-state index is 12.3. The average molecular weight is 697 g/mol. The number of carboxylic acid groups (broad SMARTS) is 1. The molecule has 0 heterocycles. The van der Waals surface area contributed by atoms with E-state index in [9.17, 15) is 9.90 Å². The molecule has 2 heteroatoms. The number of aryl methyl sites for hydroxylation is 1. The van der Waals surface area contributed by atoms with Crippen LogP contribution in [0, 0.1) is 6.92 Å². The van der Waals surface area contributed by atoms with Crippen molar-refractivity contribution >= 4 is 5.97 Å². The summed E-state index contributed by atoms with van der Waals surface area (Å²) in [6.07, 6.45) is 18.2. The van der Waals surface area contributed by atoms with Crippen LogP contribution in [0.4, 0.5) is 0 Å². The molecule has 276 valence electrons. The molecule has 3 aromatic rings. The molecule has 0 bridgehead atoms. The Balaban J connectivity index is 1.03. The Hall–Kier alpha value is -3.39. The standard InChI is InChI=1S/C50H64O2/c1-32-26-43-45(50(8,9)25-24-48(43,4)5)31-41(32)39-18-14-35(29-39)13-17-38-28-34(15-20-40(38)46(51)52)11-10-33-12-16-36(27-33)37-19-21-42-44(30-37)49(6,7)23-22-47(42,2)3/h10,13,15,19-21,26,28,30-31,36,39H,11-12,14,16-18,22-25,27,29H2,1-9H3,(H,51,52). The monoisotopic (exact) mass is 696 g/mol. The second kappa shape index (κ2) is 13.5. The average Bonchev–Trinajstić information content (AvgIpc) is 3.77. The zero-order valence-electron chi connectivity index (χ0n) is 33.8. The fourth-order valence-electron chi connectivity index (χ4n) is 10.4. The van der Waals surface area contributed by atoms with Crippen LogP contribution in [0.2, 0.25) is 0 Å². The topological polar surface area (TPSA) is 37.3 Å². The molecule has 3 aromatic carbocycles. The molecular weight excluding hydrogens is 633 g/mol. The molecule has 2 atom stereocenters. The highest BCUT2D eigenvalue weighted by Crippen LogP contribution is 2.50. The van der Waals surface area contributed by atoms with Crippen LogP contribution in [0.5, 0.6) is 0 Å². The molecule has 4 aliphatic rings. The Morgan fingerprint density at radius 2 is 1.19 bits per heavy atom. The first-order valence-electron chi connectivity index (χ1n) is 20.4. The zero-order valence-corrected chi connectivity index (χ0v) is 33.8. The minimum absolute atomic E-state index is 0.217. The van der Waals surface area contributed by atoms with Crippen molar-refractivity contribution in [3.05, 3.63) is 127 Å². The Morgan fingerprint density at radius 3 is 1.83 bits per heavy atom. The smallest absolute Gasteiger partial charge is 0.335 e. The van der Waals surface area contributed by atoms with Crippen LogP contribution in [0.1, 0.15) is 192 Å². The summed E-state index contributed by atoms with van der Waals surface area (Å²) in [5, 5.41) is 10.1. The number of aromatic carboxylic acids is 1. The zero-order chi connectivity index (χ0) is 37.2. The quantitative estimate of drug-likeness (QED) is 0.250. The van der Waals surface area contributed by atoms with E-state index >= 15 is 0 Å². The summed E-state index contributed by atoms with van der Waals surface area (Å²) < 4.78 is 0. The number of hydrogen-bond donors (Lipinski definition) is 1. The van der Waals surface area contributed by atoms with Crippen molar-refractivity contribution in [2.24, 2.45) is 0 Å². The molecule has 2 saturated carbocycles. The van der Waals surface area contributed by atoms with E-state index in [1.165, 1.54) is 66.4 Å². The van der Waals surface area contributed by atoms with Gasteiger partial charge in [0.25, 0.3) is 0 Å². The van der Waals surface area contributed by atoms with E-state index in [2.05, 4.69) is 111 Å². The van der Waals surface area contributed by atoms with Crippen molar-refractivity contribution in [1.82, 2.24) is 0 Å². The van der Waals surface area contributed by atoms with E-state index < -0.39 is 5.97 Å². The van der Waals surface area contributed by atoms with Crippen molar-refractivity contribution in [1.29, 1.82) is 0 Å². The highest BCUT2D eigenvalue weighted by atomic mass is 16.4. The maximum Gasteiger partial charge on any atom is 0.335 e. The first-order chi connectivity index (χ1) is 24.4. The fourth-order valence-corrected chi connectivity index (χ4v) is 10.4. The van der Waals surface area contributed by atoms with E-state index in [0.29, 0.717) is 23.8 Å². The van der Waals surface area contributed by atoms with E-state index in [0.717, 1.165) is 37.7 Å². The van der Waals surface area contributed by atoms with Gasteiger partial charge in [-0.25, -0.2) is 4.79 Å². The second-order valence-electron chi connectivity index (χ2n) is 19.9. The van der Waals surface area contributed by atoms with Gasteiger partial charge in [-0.05, 0) is 174 Å². The molecule has 0 radical (unpaired) electrons. The van der Waals surface area contributed by atoms with Crippen LogP contribution >= 0.6 is 0 Å². The highest BCUT2D eigenvalue weighted by molar-refractivity contribution is 5.89. The van der Waals surface area contributed by atoms with Crippen LogP contribution in [-0.2, 0) is 34.5 Å². The van der Waals surface area contributed by atoms with Gasteiger partial charge in [0, 0.05) is 0 Å². The molecule has 0 amide bonds. The van der Waals surface area contributed by atoms with Gasteiger partial charge in [0.05, 0.1) is 5.56 Å². The Morgan fingerprint density at radius 1 is 0.654 bits per heavy atom. The third kappa shape index (κ3) is 7.13. The van der Waals surface area contributed by atoms with Gasteiger partial charge in [-0.2, -0.15) is 0 Å². The minimum Gasteiger partial charge on any atom is -0.478 e. The predicted molar refractivity (Wildman–Crippen MR) is 218 cm³/mol. The SMILES string of the molecule is Cc1cc2c(cc1C1CCC(=CCc3cc(CC=C4CCC(c5ccc6c(c5)C(C)(C)CCC6(C)C)C4)ccc3C(=O)O)C1)C(C)(C)CCC2(C)C. The number of benzene rings is 3. The van der Waals surface area contributed by atoms with E-state index in [1.54, 1.807) is 27.8 Å². The molecule has 52 heavy (non-hydrogen) atoms. The van der Waals surface area contributed by atoms with E-state index in [4.69, 9.17) is 0 Å². The fraction of sp³-hybridized carbons (Fsp3) is 0.540. The molecule has 2 fully saturated rings. The summed E-state index contributed by atoms with van der Waals surface area (Å²) in [4.78, 5) is 12.3. The van der Waals surface area contributed by atoms with Gasteiger partial charge in [-0.15, -0.1) is 0 Å². The van der Waals surface area contributed by atoms with Gasteiger partial charge >= 0.3 is 5.97 Å². The number of hydrogen-bond acceptors (Lipinski definition) is 1. The predicted octanol–water partition coefficient (Wildman–Crippen LogP) is 13.3. The Labute approximate surface area is 315 Å². The van der Waals surface area contributed by atoms with E-state index in [1.807, 2.05) is 12.1 Å².